The molecule has 0 saturated heterocycles. The molecule has 4 aromatic carbocycles. The molecular weight excluding hydrogens is 484 g/mol. The highest BCUT2D eigenvalue weighted by atomic mass is 14.7. The highest BCUT2D eigenvalue weighted by Gasteiger charge is 2.13. The third kappa shape index (κ3) is 5.67. The Morgan fingerprint density at radius 1 is 0.625 bits per heavy atom. The van der Waals surface area contributed by atoms with E-state index in [0.717, 1.165) is 48.3 Å². The second-order valence-corrected chi connectivity index (χ2v) is 11.4. The monoisotopic (exact) mass is 520 g/mol. The Morgan fingerprint density at radius 2 is 1.45 bits per heavy atom. The highest BCUT2D eigenvalue weighted by molar-refractivity contribution is 5.98. The van der Waals surface area contributed by atoms with Crippen molar-refractivity contribution in [2.75, 3.05) is 0 Å². The summed E-state index contributed by atoms with van der Waals surface area (Å²) in [5.74, 6) is 0.623. The third-order valence-electron chi connectivity index (χ3n) is 7.62. The number of fused-ring (bicyclic) bond motifs is 2. The Labute approximate surface area is 237 Å². The molecule has 6 aromatic rings. The summed E-state index contributed by atoms with van der Waals surface area (Å²) in [6, 6.07) is 39.3. The first-order valence-electron chi connectivity index (χ1n) is 14.5. The summed E-state index contributed by atoms with van der Waals surface area (Å²) in [7, 11) is 0. The third-order valence-corrected chi connectivity index (χ3v) is 7.62. The Hall–Kier alpha value is -4.30. The van der Waals surface area contributed by atoms with Crippen LogP contribution in [0.4, 0.5) is 0 Å². The lowest BCUT2D eigenvalue weighted by Crippen LogP contribution is -2.00. The Kier molecular flexibility index (Phi) is 7.42. The molecule has 0 radical (unpaired) electrons. The summed E-state index contributed by atoms with van der Waals surface area (Å²) in [6.45, 7) is 6.75. The highest BCUT2D eigenvalue weighted by Crippen LogP contribution is 2.33. The van der Waals surface area contributed by atoms with Crippen molar-refractivity contribution in [3.8, 4) is 22.5 Å². The molecule has 2 aromatic heterocycles. The normalized spacial score (nSPS) is 11.5. The van der Waals surface area contributed by atoms with Gasteiger partial charge in [-0.05, 0) is 90.1 Å². The van der Waals surface area contributed by atoms with Crippen LogP contribution in [-0.4, -0.2) is 9.97 Å². The Balaban J connectivity index is 1.36. The zero-order valence-corrected chi connectivity index (χ0v) is 23.7. The molecule has 0 unspecified atom stereocenters. The van der Waals surface area contributed by atoms with E-state index < -0.39 is 0 Å². The van der Waals surface area contributed by atoms with Crippen molar-refractivity contribution in [2.24, 2.45) is 5.92 Å². The second kappa shape index (κ2) is 11.4. The first kappa shape index (κ1) is 26.0. The average Bonchev–Trinajstić information content (AvgIpc) is 2.96. The minimum atomic E-state index is 0.623. The van der Waals surface area contributed by atoms with Gasteiger partial charge in [0.25, 0.3) is 0 Å². The average molecular weight is 521 g/mol. The van der Waals surface area contributed by atoms with Crippen molar-refractivity contribution in [3.63, 3.8) is 0 Å². The molecule has 2 heteroatoms. The summed E-state index contributed by atoms with van der Waals surface area (Å²) in [5, 5.41) is 5.07. The zero-order valence-electron chi connectivity index (χ0n) is 23.7. The van der Waals surface area contributed by atoms with Crippen LogP contribution in [0.3, 0.4) is 0 Å². The number of rotatable bonds is 8. The smallest absolute Gasteiger partial charge is 0.0718 e. The molecule has 2 heterocycles. The molecule has 0 spiro atoms. The molecule has 0 amide bonds. The second-order valence-electron chi connectivity index (χ2n) is 11.4. The molecule has 0 N–H and O–H groups in total. The summed E-state index contributed by atoms with van der Waals surface area (Å²) >= 11 is 0. The molecule has 0 saturated carbocycles. The van der Waals surface area contributed by atoms with Crippen LogP contribution in [0.25, 0.3) is 44.1 Å². The maximum Gasteiger partial charge on any atom is 0.0718 e. The van der Waals surface area contributed by atoms with E-state index in [4.69, 9.17) is 9.97 Å². The van der Waals surface area contributed by atoms with Gasteiger partial charge in [0, 0.05) is 27.9 Å². The first-order chi connectivity index (χ1) is 19.5. The quantitative estimate of drug-likeness (QED) is 0.200. The molecule has 0 bridgehead atoms. The number of hydrogen-bond acceptors (Lipinski definition) is 2. The van der Waals surface area contributed by atoms with Crippen molar-refractivity contribution in [1.29, 1.82) is 0 Å². The van der Waals surface area contributed by atoms with Gasteiger partial charge in [-0.3, -0.25) is 9.97 Å². The van der Waals surface area contributed by atoms with E-state index >= 15 is 0 Å². The Bertz CT molecular complexity index is 1780. The number of pyridine rings is 2. The van der Waals surface area contributed by atoms with Crippen molar-refractivity contribution in [2.45, 2.75) is 46.5 Å². The van der Waals surface area contributed by atoms with E-state index in [1.54, 1.807) is 0 Å². The van der Waals surface area contributed by atoms with Gasteiger partial charge in [0.1, 0.15) is 0 Å². The standard InChI is InChI=1S/C38H36N2/c1-26(2)21-28-19-20-34-31(24-28)25-38(35-23-27(3)22-30-13-7-8-16-33(30)35)40-37(34)18-10-15-32-14-9-17-36(39-32)29-11-5-4-6-12-29/h4-9,11-14,16-17,19-20,22-26H,10,15,18,21H2,1-3H3. The van der Waals surface area contributed by atoms with E-state index in [-0.39, 0.29) is 0 Å². The van der Waals surface area contributed by atoms with Gasteiger partial charge < -0.3 is 0 Å². The minimum Gasteiger partial charge on any atom is -0.253 e. The zero-order chi connectivity index (χ0) is 27.5. The van der Waals surface area contributed by atoms with Gasteiger partial charge in [-0.15, -0.1) is 0 Å². The molecule has 6 rings (SSSR count). The lowest BCUT2D eigenvalue weighted by Gasteiger charge is -2.14. The lowest BCUT2D eigenvalue weighted by molar-refractivity contribution is 0.648. The summed E-state index contributed by atoms with van der Waals surface area (Å²) in [4.78, 5) is 10.3. The van der Waals surface area contributed by atoms with E-state index in [1.807, 2.05) is 6.07 Å². The van der Waals surface area contributed by atoms with Crippen LogP contribution < -0.4 is 0 Å². The molecule has 40 heavy (non-hydrogen) atoms. The number of aryl methyl sites for hydroxylation is 3. The minimum absolute atomic E-state index is 0.623. The largest absolute Gasteiger partial charge is 0.253 e. The van der Waals surface area contributed by atoms with Crippen LogP contribution in [0.2, 0.25) is 0 Å². The molecular formula is C38H36N2. The van der Waals surface area contributed by atoms with Gasteiger partial charge in [-0.2, -0.15) is 0 Å². The predicted octanol–water partition coefficient (Wildman–Crippen LogP) is 9.80. The topological polar surface area (TPSA) is 25.8 Å². The van der Waals surface area contributed by atoms with Gasteiger partial charge in [0.15, 0.2) is 0 Å². The van der Waals surface area contributed by atoms with Crippen LogP contribution in [0.5, 0.6) is 0 Å². The number of hydrogen-bond donors (Lipinski definition) is 0. The van der Waals surface area contributed by atoms with Crippen molar-refractivity contribution in [3.05, 3.63) is 132 Å². The van der Waals surface area contributed by atoms with Crippen molar-refractivity contribution >= 4 is 21.5 Å². The maximum absolute atomic E-state index is 5.33. The molecule has 0 aliphatic rings. The van der Waals surface area contributed by atoms with E-state index in [1.165, 1.54) is 43.9 Å². The summed E-state index contributed by atoms with van der Waals surface area (Å²) in [6.07, 6.45) is 3.92. The van der Waals surface area contributed by atoms with Crippen molar-refractivity contribution < 1.29 is 0 Å². The van der Waals surface area contributed by atoms with Crippen LogP contribution in [0.1, 0.15) is 42.8 Å². The predicted molar refractivity (Wildman–Crippen MR) is 170 cm³/mol. The van der Waals surface area contributed by atoms with Crippen molar-refractivity contribution in [1.82, 2.24) is 9.97 Å². The van der Waals surface area contributed by atoms with Crippen LogP contribution >= 0.6 is 0 Å². The lowest BCUT2D eigenvalue weighted by atomic mass is 9.94. The van der Waals surface area contributed by atoms with Gasteiger partial charge in [0.2, 0.25) is 0 Å². The van der Waals surface area contributed by atoms with Crippen LogP contribution in [0.15, 0.2) is 109 Å². The van der Waals surface area contributed by atoms with Gasteiger partial charge in [-0.25, -0.2) is 0 Å². The molecule has 0 aliphatic heterocycles. The molecule has 2 nitrogen and oxygen atoms in total. The summed E-state index contributed by atoms with van der Waals surface area (Å²) < 4.78 is 0. The fraction of sp³-hybridized carbons (Fsp3) is 0.211. The molecule has 0 aliphatic carbocycles. The first-order valence-corrected chi connectivity index (χ1v) is 14.5. The van der Waals surface area contributed by atoms with Crippen LogP contribution in [-0.2, 0) is 19.3 Å². The number of nitrogens with zero attached hydrogens (tertiary/aromatic N) is 2. The molecule has 0 fully saturated rings. The number of benzene rings is 4. The van der Waals surface area contributed by atoms with E-state index in [2.05, 4.69) is 124 Å². The van der Waals surface area contributed by atoms with Gasteiger partial charge in [-0.1, -0.05) is 98.8 Å². The SMILES string of the molecule is Cc1cc(-c2cc3cc(CC(C)C)ccc3c(CCCc3cccc(-c4ccccc4)n3)n2)c2ccccc2c1. The maximum atomic E-state index is 5.33. The fourth-order valence-corrected chi connectivity index (χ4v) is 5.80. The van der Waals surface area contributed by atoms with E-state index in [0.29, 0.717) is 5.92 Å². The molecule has 198 valence electrons. The molecule has 0 atom stereocenters. The van der Waals surface area contributed by atoms with E-state index in [9.17, 15) is 0 Å². The number of aromatic nitrogens is 2. The fourth-order valence-electron chi connectivity index (χ4n) is 5.80. The summed E-state index contributed by atoms with van der Waals surface area (Å²) in [5.41, 5.74) is 9.43. The van der Waals surface area contributed by atoms with Crippen LogP contribution in [0, 0.1) is 12.8 Å². The van der Waals surface area contributed by atoms with Gasteiger partial charge in [0.05, 0.1) is 11.4 Å². The van der Waals surface area contributed by atoms with Gasteiger partial charge >= 0.3 is 0 Å². The Morgan fingerprint density at radius 3 is 2.30 bits per heavy atom.